The molecule has 3 rings (SSSR count). The second-order valence-corrected chi connectivity index (χ2v) is 19.0. The Hall–Kier alpha value is -5.10. The lowest BCUT2D eigenvalue weighted by atomic mass is 9.83. The molecular formula is C48H68F2N6O12S2. The molecular weight excluding hydrogens is 955 g/mol. The Morgan fingerprint density at radius 1 is 0.843 bits per heavy atom. The number of nitrogens with zero attached hydrogens (tertiary/aromatic N) is 2. The number of rotatable bonds is 35. The number of carboxylic acid groups (broad SMARTS) is 2. The lowest BCUT2D eigenvalue weighted by Crippen LogP contribution is -2.45. The van der Waals surface area contributed by atoms with Crippen molar-refractivity contribution in [2.45, 2.75) is 63.9 Å². The van der Waals surface area contributed by atoms with Crippen molar-refractivity contribution in [1.29, 1.82) is 0 Å². The standard InChI is InChI=1S/C48H68F2N6O12S2/c1-48(2,3)45(39-25-34(36-26-35(49)11-12-37(36)50)30-55(39)29-33-9-6-5-7-10-33)56(16-8-14-51)43(59)32-70-31-38(47(63)64)54-41(57)13-17-65-19-21-67-23-24-68-22-20-66-18-15-52-42(58)28-53-46(62)40(69-4)27-44(60)61/h5-7,9-12,25-26,30,38,40,45H,8,13-24,27-29,31-32,51H2,1-4H3,(H,52,58)(H,53,62)(H,54,57)(H,60,61)(H,63,64)/t38-,40?,45-/m0/s1. The number of benzene rings is 2. The molecule has 0 aliphatic carbocycles. The van der Waals surface area contributed by atoms with Crippen molar-refractivity contribution in [2.24, 2.45) is 11.1 Å². The van der Waals surface area contributed by atoms with Gasteiger partial charge in [-0.25, -0.2) is 13.6 Å². The molecule has 1 unspecified atom stereocenters. The maximum absolute atomic E-state index is 15.1. The van der Waals surface area contributed by atoms with Crippen LogP contribution in [-0.4, -0.2) is 163 Å². The zero-order valence-electron chi connectivity index (χ0n) is 40.3. The highest BCUT2D eigenvalue weighted by molar-refractivity contribution is 8.00. The van der Waals surface area contributed by atoms with Crippen molar-refractivity contribution in [3.63, 3.8) is 0 Å². The van der Waals surface area contributed by atoms with Crippen molar-refractivity contribution >= 4 is 59.1 Å². The average Bonchev–Trinajstić information content (AvgIpc) is 3.71. The van der Waals surface area contributed by atoms with E-state index in [1.807, 2.05) is 55.7 Å². The Kier molecular flexibility index (Phi) is 27.1. The number of nitrogens with two attached hydrogens (primary N) is 1. The first-order valence-corrected chi connectivity index (χ1v) is 25.3. The maximum atomic E-state index is 15.1. The van der Waals surface area contributed by atoms with Crippen molar-refractivity contribution in [2.75, 3.05) is 96.8 Å². The number of ether oxygens (including phenoxy) is 4. The summed E-state index contributed by atoms with van der Waals surface area (Å²) in [6.07, 6.45) is 3.41. The monoisotopic (exact) mass is 1020 g/mol. The van der Waals surface area contributed by atoms with Crippen LogP contribution in [0.2, 0.25) is 0 Å². The van der Waals surface area contributed by atoms with Gasteiger partial charge in [-0.1, -0.05) is 51.1 Å². The first kappa shape index (κ1) is 59.2. The predicted molar refractivity (Wildman–Crippen MR) is 263 cm³/mol. The van der Waals surface area contributed by atoms with E-state index in [4.69, 9.17) is 29.8 Å². The number of carboxylic acids is 2. The van der Waals surface area contributed by atoms with Gasteiger partial charge in [0.05, 0.1) is 82.9 Å². The predicted octanol–water partition coefficient (Wildman–Crippen LogP) is 3.94. The molecule has 1 heterocycles. The van der Waals surface area contributed by atoms with Gasteiger partial charge in [-0.3, -0.25) is 24.0 Å². The summed E-state index contributed by atoms with van der Waals surface area (Å²) >= 11 is 2.16. The highest BCUT2D eigenvalue weighted by Gasteiger charge is 2.37. The van der Waals surface area contributed by atoms with Gasteiger partial charge in [-0.15, -0.1) is 11.8 Å². The van der Waals surface area contributed by atoms with Gasteiger partial charge in [-0.05, 0) is 54.5 Å². The van der Waals surface area contributed by atoms with Crippen molar-refractivity contribution in [3.8, 4) is 11.1 Å². The van der Waals surface area contributed by atoms with E-state index in [-0.39, 0.29) is 108 Å². The fourth-order valence-electron chi connectivity index (χ4n) is 7.03. The van der Waals surface area contributed by atoms with E-state index in [9.17, 15) is 38.3 Å². The summed E-state index contributed by atoms with van der Waals surface area (Å²) in [4.78, 5) is 75.5. The number of hydrogen-bond acceptors (Lipinski definition) is 13. The summed E-state index contributed by atoms with van der Waals surface area (Å²) < 4.78 is 53.3. The number of carbonyl (C=O) groups is 6. The molecule has 18 nitrogen and oxygen atoms in total. The number of thioether (sulfide) groups is 2. The van der Waals surface area contributed by atoms with E-state index >= 15 is 4.39 Å². The Labute approximate surface area is 416 Å². The molecule has 0 bridgehead atoms. The molecule has 0 saturated carbocycles. The number of amides is 4. The van der Waals surface area contributed by atoms with E-state index in [1.54, 1.807) is 23.4 Å². The Morgan fingerprint density at radius 2 is 1.49 bits per heavy atom. The van der Waals surface area contributed by atoms with Crippen molar-refractivity contribution < 1.29 is 66.7 Å². The zero-order chi connectivity index (χ0) is 51.5. The third-order valence-electron chi connectivity index (χ3n) is 10.4. The molecule has 0 fully saturated rings. The molecule has 0 aliphatic heterocycles. The van der Waals surface area contributed by atoms with Crippen molar-refractivity contribution in [1.82, 2.24) is 25.4 Å². The van der Waals surface area contributed by atoms with Crippen LogP contribution in [-0.2, 0) is 54.3 Å². The Bertz CT molecular complexity index is 2110. The van der Waals surface area contributed by atoms with Crippen LogP contribution in [0.25, 0.3) is 11.1 Å². The fourth-order valence-corrected chi connectivity index (χ4v) is 8.56. The van der Waals surface area contributed by atoms with E-state index in [1.165, 1.54) is 0 Å². The van der Waals surface area contributed by atoms with Crippen LogP contribution in [0.3, 0.4) is 0 Å². The van der Waals surface area contributed by atoms with Gasteiger partial charge >= 0.3 is 11.9 Å². The molecule has 0 spiro atoms. The molecule has 0 aliphatic rings. The minimum Gasteiger partial charge on any atom is -0.481 e. The largest absolute Gasteiger partial charge is 0.481 e. The molecule has 7 N–H and O–H groups in total. The summed E-state index contributed by atoms with van der Waals surface area (Å²) in [6, 6.07) is 12.9. The smallest absolute Gasteiger partial charge is 0.327 e. The molecule has 388 valence electrons. The number of aromatic nitrogens is 1. The second kappa shape index (κ2) is 32.0. The van der Waals surface area contributed by atoms with Crippen LogP contribution in [0.5, 0.6) is 0 Å². The summed E-state index contributed by atoms with van der Waals surface area (Å²) in [6.45, 7) is 8.63. The zero-order valence-corrected chi connectivity index (χ0v) is 41.9. The SMILES string of the molecule is CSC(CC(=O)O)C(=O)NCC(=O)NCCOCCOCCOCCOCCC(=O)N[C@@H](CSCC(=O)N(CCCN)[C@@H](c1cc(-c2cc(F)ccc2F)cn1Cc1ccccc1)C(C)(C)C)C(=O)O. The van der Waals surface area contributed by atoms with E-state index < -0.39 is 64.0 Å². The molecule has 0 saturated heterocycles. The van der Waals surface area contributed by atoms with Gasteiger partial charge in [0, 0.05) is 54.8 Å². The molecule has 22 heteroatoms. The molecule has 0 radical (unpaired) electrons. The third-order valence-corrected chi connectivity index (χ3v) is 12.3. The van der Waals surface area contributed by atoms with Crippen LogP contribution in [0.1, 0.15) is 57.3 Å². The van der Waals surface area contributed by atoms with Gasteiger partial charge in [0.25, 0.3) is 0 Å². The van der Waals surface area contributed by atoms with Gasteiger partial charge < -0.3 is 60.3 Å². The normalized spacial score (nSPS) is 12.7. The average molecular weight is 1020 g/mol. The molecule has 3 atom stereocenters. The first-order valence-electron chi connectivity index (χ1n) is 22.8. The summed E-state index contributed by atoms with van der Waals surface area (Å²) in [5.41, 5.74) is 7.57. The molecule has 70 heavy (non-hydrogen) atoms. The molecule has 4 amide bonds. The first-order chi connectivity index (χ1) is 33.4. The molecule has 1 aromatic heterocycles. The third kappa shape index (κ3) is 21.9. The van der Waals surface area contributed by atoms with Crippen LogP contribution in [0.15, 0.2) is 60.8 Å². The van der Waals surface area contributed by atoms with E-state index in [0.29, 0.717) is 30.8 Å². The van der Waals surface area contributed by atoms with E-state index in [0.717, 1.165) is 47.3 Å². The topological polar surface area (TPSA) is 250 Å². The van der Waals surface area contributed by atoms with Gasteiger partial charge in [0.15, 0.2) is 0 Å². The number of aliphatic carboxylic acids is 2. The highest BCUT2D eigenvalue weighted by Crippen LogP contribution is 2.41. The minimum absolute atomic E-state index is 0.0191. The lowest BCUT2D eigenvalue weighted by Gasteiger charge is -2.41. The summed E-state index contributed by atoms with van der Waals surface area (Å²) in [7, 11) is 0. The Balaban J connectivity index is 1.39. The van der Waals surface area contributed by atoms with Crippen LogP contribution in [0.4, 0.5) is 8.78 Å². The molecule has 3 aromatic rings. The fraction of sp³-hybridized carbons (Fsp3) is 0.542. The molecule has 2 aromatic carbocycles. The van der Waals surface area contributed by atoms with Crippen LogP contribution in [0, 0.1) is 17.0 Å². The highest BCUT2D eigenvalue weighted by atomic mass is 32.2. The van der Waals surface area contributed by atoms with E-state index in [2.05, 4.69) is 16.0 Å². The summed E-state index contributed by atoms with van der Waals surface area (Å²) in [5, 5.41) is 25.5. The van der Waals surface area contributed by atoms with Gasteiger partial charge in [0.2, 0.25) is 23.6 Å². The van der Waals surface area contributed by atoms with Crippen LogP contribution < -0.4 is 21.7 Å². The van der Waals surface area contributed by atoms with Gasteiger partial charge in [0.1, 0.15) is 17.7 Å². The van der Waals surface area contributed by atoms with Crippen molar-refractivity contribution in [3.05, 3.63) is 83.7 Å². The maximum Gasteiger partial charge on any atom is 0.327 e. The minimum atomic E-state index is -1.28. The van der Waals surface area contributed by atoms with Crippen LogP contribution >= 0.6 is 23.5 Å². The second-order valence-electron chi connectivity index (χ2n) is 17.0. The number of halogens is 2. The Morgan fingerprint density at radius 3 is 2.09 bits per heavy atom. The lowest BCUT2D eigenvalue weighted by molar-refractivity contribution is -0.141. The quantitative estimate of drug-likeness (QED) is 0.0457. The number of nitrogens with one attached hydrogen (secondary N) is 3. The number of carbonyl (C=O) groups excluding carboxylic acids is 4. The summed E-state index contributed by atoms with van der Waals surface area (Å²) in [5.74, 6) is -5.51. The number of hydrogen-bond donors (Lipinski definition) is 6. The van der Waals surface area contributed by atoms with Gasteiger partial charge in [-0.2, -0.15) is 11.8 Å².